The van der Waals surface area contributed by atoms with Gasteiger partial charge in [0, 0.05) is 16.3 Å². The molecule has 1 atom stereocenters. The smallest absolute Gasteiger partial charge is 0.265 e. The molecule has 31 heavy (non-hydrogen) atoms. The van der Waals surface area contributed by atoms with Gasteiger partial charge < -0.3 is 20.1 Å². The van der Waals surface area contributed by atoms with Crippen LogP contribution in [0.4, 0.5) is 11.4 Å². The summed E-state index contributed by atoms with van der Waals surface area (Å²) >= 11 is 6.01. The largest absolute Gasteiger partial charge is 0.495 e. The molecule has 0 aliphatic carbocycles. The Hall–Kier alpha value is -3.51. The predicted octanol–water partition coefficient (Wildman–Crippen LogP) is 5.32. The summed E-state index contributed by atoms with van der Waals surface area (Å²) in [7, 11) is 1.54. The van der Waals surface area contributed by atoms with Gasteiger partial charge in [0.05, 0.1) is 12.8 Å². The maximum Gasteiger partial charge on any atom is 0.265 e. The molecule has 2 amide bonds. The molecule has 0 aliphatic heterocycles. The number of hydrogen-bond acceptors (Lipinski definition) is 4. The monoisotopic (exact) mass is 438 g/mol. The second-order valence-electron chi connectivity index (χ2n) is 6.89. The highest BCUT2D eigenvalue weighted by Crippen LogP contribution is 2.24. The van der Waals surface area contributed by atoms with Crippen LogP contribution in [0.15, 0.2) is 66.7 Å². The minimum Gasteiger partial charge on any atom is -0.495 e. The fourth-order valence-corrected chi connectivity index (χ4v) is 2.96. The molecule has 3 aromatic rings. The molecule has 0 saturated carbocycles. The van der Waals surface area contributed by atoms with E-state index in [2.05, 4.69) is 10.6 Å². The molecule has 7 heteroatoms. The lowest BCUT2D eigenvalue weighted by atomic mass is 10.1. The molecule has 0 aliphatic rings. The first-order valence-corrected chi connectivity index (χ1v) is 10.0. The number of amides is 2. The molecular weight excluding hydrogens is 416 g/mol. The van der Waals surface area contributed by atoms with E-state index < -0.39 is 6.10 Å². The van der Waals surface area contributed by atoms with Gasteiger partial charge in [0.1, 0.15) is 11.5 Å². The first-order valence-electron chi connectivity index (χ1n) is 9.65. The number of halogens is 1. The molecule has 0 fully saturated rings. The van der Waals surface area contributed by atoms with Gasteiger partial charge in [0.25, 0.3) is 11.8 Å². The lowest BCUT2D eigenvalue weighted by Gasteiger charge is -2.15. The highest BCUT2D eigenvalue weighted by molar-refractivity contribution is 6.31. The van der Waals surface area contributed by atoms with Gasteiger partial charge >= 0.3 is 0 Å². The van der Waals surface area contributed by atoms with Crippen LogP contribution in [-0.4, -0.2) is 25.0 Å². The van der Waals surface area contributed by atoms with Crippen molar-refractivity contribution in [2.24, 2.45) is 0 Å². The zero-order chi connectivity index (χ0) is 22.4. The summed E-state index contributed by atoms with van der Waals surface area (Å²) in [6.07, 6.45) is -0.714. The second-order valence-corrected chi connectivity index (χ2v) is 7.30. The maximum atomic E-state index is 12.5. The topological polar surface area (TPSA) is 76.7 Å². The van der Waals surface area contributed by atoms with Gasteiger partial charge in [0.2, 0.25) is 0 Å². The fourth-order valence-electron chi connectivity index (χ4n) is 2.84. The quantitative estimate of drug-likeness (QED) is 0.523. The number of rotatable bonds is 7. The Kier molecular flexibility index (Phi) is 7.15. The number of ether oxygens (including phenoxy) is 2. The Morgan fingerprint density at radius 3 is 2.35 bits per heavy atom. The van der Waals surface area contributed by atoms with Crippen molar-refractivity contribution in [3.8, 4) is 11.5 Å². The molecular formula is C24H23ClN2O4. The molecule has 6 nitrogen and oxygen atoms in total. The maximum absolute atomic E-state index is 12.5. The van der Waals surface area contributed by atoms with Gasteiger partial charge in [-0.05, 0) is 74.0 Å². The zero-order valence-electron chi connectivity index (χ0n) is 17.4. The standard InChI is InChI=1S/C24H23ClN2O4/c1-15-14-19(12-13-20(15)25)31-16(2)23(28)26-18-10-8-17(9-11-18)24(29)27-21-6-4-5-7-22(21)30-3/h4-14,16H,1-3H3,(H,26,28)(H,27,29). The third kappa shape index (κ3) is 5.77. The average Bonchev–Trinajstić information content (AvgIpc) is 2.77. The van der Waals surface area contributed by atoms with Crippen molar-refractivity contribution in [2.45, 2.75) is 20.0 Å². The summed E-state index contributed by atoms with van der Waals surface area (Å²) in [5.41, 5.74) is 2.45. The average molecular weight is 439 g/mol. The van der Waals surface area contributed by atoms with Crippen LogP contribution in [0, 0.1) is 6.92 Å². The Labute approximate surface area is 186 Å². The zero-order valence-corrected chi connectivity index (χ0v) is 18.2. The van der Waals surface area contributed by atoms with Crippen molar-refractivity contribution >= 4 is 34.8 Å². The van der Waals surface area contributed by atoms with Crippen molar-refractivity contribution < 1.29 is 19.1 Å². The summed E-state index contributed by atoms with van der Waals surface area (Å²) in [6, 6.07) is 19.0. The van der Waals surface area contributed by atoms with Crippen LogP contribution in [0.25, 0.3) is 0 Å². The van der Waals surface area contributed by atoms with E-state index in [-0.39, 0.29) is 11.8 Å². The van der Waals surface area contributed by atoms with Crippen LogP contribution in [0.1, 0.15) is 22.8 Å². The summed E-state index contributed by atoms with van der Waals surface area (Å²) in [6.45, 7) is 3.53. The van der Waals surface area contributed by atoms with Gasteiger partial charge in [-0.3, -0.25) is 9.59 Å². The van der Waals surface area contributed by atoms with Gasteiger partial charge in [0.15, 0.2) is 6.10 Å². The molecule has 0 aromatic heterocycles. The van der Waals surface area contributed by atoms with E-state index in [0.717, 1.165) is 5.56 Å². The second kappa shape index (κ2) is 10.00. The molecule has 0 heterocycles. The van der Waals surface area contributed by atoms with Crippen molar-refractivity contribution in [3.05, 3.63) is 82.9 Å². The number of para-hydroxylation sites is 2. The van der Waals surface area contributed by atoms with Gasteiger partial charge in [-0.1, -0.05) is 23.7 Å². The van der Waals surface area contributed by atoms with E-state index in [0.29, 0.717) is 33.5 Å². The summed E-state index contributed by atoms with van der Waals surface area (Å²) in [5, 5.41) is 6.23. The highest BCUT2D eigenvalue weighted by atomic mass is 35.5. The minimum absolute atomic E-state index is 0.280. The molecule has 3 aromatic carbocycles. The van der Waals surface area contributed by atoms with Crippen LogP contribution < -0.4 is 20.1 Å². The molecule has 0 bridgehead atoms. The third-order valence-electron chi connectivity index (χ3n) is 4.58. The van der Waals surface area contributed by atoms with E-state index in [1.807, 2.05) is 19.1 Å². The normalized spacial score (nSPS) is 11.4. The fraction of sp³-hybridized carbons (Fsp3) is 0.167. The number of hydrogen-bond donors (Lipinski definition) is 2. The molecule has 1 unspecified atom stereocenters. The number of methoxy groups -OCH3 is 1. The molecule has 160 valence electrons. The Bertz CT molecular complexity index is 1080. The van der Waals surface area contributed by atoms with Gasteiger partial charge in [-0.2, -0.15) is 0 Å². The number of nitrogens with one attached hydrogen (secondary N) is 2. The SMILES string of the molecule is COc1ccccc1NC(=O)c1ccc(NC(=O)C(C)Oc2ccc(Cl)c(C)c2)cc1. The molecule has 2 N–H and O–H groups in total. The number of carbonyl (C=O) groups excluding carboxylic acids is 2. The van der Waals surface area contributed by atoms with E-state index in [4.69, 9.17) is 21.1 Å². The molecule has 0 saturated heterocycles. The number of carbonyl (C=O) groups is 2. The van der Waals surface area contributed by atoms with Crippen LogP contribution in [0.5, 0.6) is 11.5 Å². The van der Waals surface area contributed by atoms with Gasteiger partial charge in [-0.25, -0.2) is 0 Å². The Balaban J connectivity index is 1.59. The predicted molar refractivity (Wildman–Crippen MR) is 122 cm³/mol. The lowest BCUT2D eigenvalue weighted by Crippen LogP contribution is -2.30. The van der Waals surface area contributed by atoms with Crippen molar-refractivity contribution in [1.29, 1.82) is 0 Å². The van der Waals surface area contributed by atoms with Crippen LogP contribution in [-0.2, 0) is 4.79 Å². The molecule has 3 rings (SSSR count). The number of aryl methyl sites for hydroxylation is 1. The van der Waals surface area contributed by atoms with Crippen LogP contribution in [0.3, 0.4) is 0 Å². The first-order chi connectivity index (χ1) is 14.9. The Morgan fingerprint density at radius 1 is 0.968 bits per heavy atom. The van der Waals surface area contributed by atoms with Crippen LogP contribution in [0.2, 0.25) is 5.02 Å². The first kappa shape index (κ1) is 22.2. The van der Waals surface area contributed by atoms with Crippen LogP contribution >= 0.6 is 11.6 Å². The molecule has 0 radical (unpaired) electrons. The summed E-state index contributed by atoms with van der Waals surface area (Å²) < 4.78 is 10.9. The van der Waals surface area contributed by atoms with Crippen molar-refractivity contribution in [3.63, 3.8) is 0 Å². The lowest BCUT2D eigenvalue weighted by molar-refractivity contribution is -0.122. The van der Waals surface area contributed by atoms with E-state index in [1.165, 1.54) is 0 Å². The third-order valence-corrected chi connectivity index (χ3v) is 5.01. The summed E-state index contributed by atoms with van der Waals surface area (Å²) in [4.78, 5) is 24.9. The van der Waals surface area contributed by atoms with Crippen molar-refractivity contribution in [1.82, 2.24) is 0 Å². The highest BCUT2D eigenvalue weighted by Gasteiger charge is 2.16. The van der Waals surface area contributed by atoms with E-state index in [1.54, 1.807) is 68.6 Å². The Morgan fingerprint density at radius 2 is 1.68 bits per heavy atom. The molecule has 0 spiro atoms. The number of anilines is 2. The minimum atomic E-state index is -0.714. The van der Waals surface area contributed by atoms with E-state index >= 15 is 0 Å². The van der Waals surface area contributed by atoms with Crippen molar-refractivity contribution in [2.75, 3.05) is 17.7 Å². The van der Waals surface area contributed by atoms with E-state index in [9.17, 15) is 9.59 Å². The number of benzene rings is 3. The summed E-state index contributed by atoms with van der Waals surface area (Å²) in [5.74, 6) is 0.550. The van der Waals surface area contributed by atoms with Gasteiger partial charge in [-0.15, -0.1) is 0 Å².